The van der Waals surface area contributed by atoms with E-state index in [2.05, 4.69) is 37.8 Å². The minimum atomic E-state index is 0.146. The first-order chi connectivity index (χ1) is 13.7. The van der Waals surface area contributed by atoms with Crippen molar-refractivity contribution in [2.75, 3.05) is 13.1 Å². The van der Waals surface area contributed by atoms with Crippen molar-refractivity contribution in [3.63, 3.8) is 0 Å². The molecular weight excluding hydrogens is 354 g/mol. The van der Waals surface area contributed by atoms with Crippen LogP contribution in [-0.2, 0) is 13.0 Å². The van der Waals surface area contributed by atoms with E-state index in [9.17, 15) is 0 Å². The highest BCUT2D eigenvalue weighted by Crippen LogP contribution is 2.22. The van der Waals surface area contributed by atoms with Crippen LogP contribution in [0.1, 0.15) is 49.7 Å². The average molecular weight is 381 g/mol. The van der Waals surface area contributed by atoms with E-state index in [4.69, 9.17) is 4.99 Å². The lowest BCUT2D eigenvalue weighted by molar-refractivity contribution is 0.397. The lowest BCUT2D eigenvalue weighted by atomic mass is 10.1. The second kappa shape index (κ2) is 8.37. The first-order valence-electron chi connectivity index (χ1n) is 9.99. The molecule has 9 nitrogen and oxygen atoms in total. The fraction of sp³-hybridized carbons (Fsp3) is 0.526. The highest BCUT2D eigenvalue weighted by Gasteiger charge is 2.24. The van der Waals surface area contributed by atoms with Gasteiger partial charge < -0.3 is 10.6 Å². The van der Waals surface area contributed by atoms with E-state index in [1.807, 2.05) is 40.4 Å². The molecule has 4 rings (SSSR count). The Labute approximate surface area is 164 Å². The summed E-state index contributed by atoms with van der Waals surface area (Å²) in [7, 11) is 0. The van der Waals surface area contributed by atoms with E-state index in [0.717, 1.165) is 74.4 Å². The molecule has 1 aliphatic heterocycles. The third kappa shape index (κ3) is 3.97. The van der Waals surface area contributed by atoms with Gasteiger partial charge in [-0.15, -0.1) is 10.2 Å². The molecule has 0 saturated heterocycles. The molecule has 0 aliphatic carbocycles. The normalized spacial score (nSPS) is 16.9. The molecule has 28 heavy (non-hydrogen) atoms. The van der Waals surface area contributed by atoms with Crippen LogP contribution in [0, 0.1) is 6.92 Å². The summed E-state index contributed by atoms with van der Waals surface area (Å²) in [6.07, 6.45) is 5.87. The zero-order valence-corrected chi connectivity index (χ0v) is 16.5. The minimum absolute atomic E-state index is 0.146. The molecule has 9 heteroatoms. The van der Waals surface area contributed by atoms with E-state index in [1.54, 1.807) is 0 Å². The zero-order valence-electron chi connectivity index (χ0n) is 16.5. The first-order valence-corrected chi connectivity index (χ1v) is 9.99. The van der Waals surface area contributed by atoms with Crippen LogP contribution in [0.3, 0.4) is 0 Å². The van der Waals surface area contributed by atoms with E-state index >= 15 is 0 Å². The summed E-state index contributed by atoms with van der Waals surface area (Å²) in [4.78, 5) is 9.34. The van der Waals surface area contributed by atoms with E-state index in [1.165, 1.54) is 0 Å². The summed E-state index contributed by atoms with van der Waals surface area (Å²) < 4.78 is 4.04. The number of aryl methyl sites for hydroxylation is 3. The Hall–Kier alpha value is -2.97. The van der Waals surface area contributed by atoms with Crippen molar-refractivity contribution in [2.24, 2.45) is 4.99 Å². The van der Waals surface area contributed by atoms with Gasteiger partial charge in [0, 0.05) is 32.3 Å². The average Bonchev–Trinajstić information content (AvgIpc) is 3.28. The van der Waals surface area contributed by atoms with Crippen LogP contribution in [0.25, 0.3) is 5.65 Å². The van der Waals surface area contributed by atoms with E-state index in [0.29, 0.717) is 0 Å². The van der Waals surface area contributed by atoms with Gasteiger partial charge in [0.1, 0.15) is 17.5 Å². The van der Waals surface area contributed by atoms with Gasteiger partial charge in [0.25, 0.3) is 0 Å². The SMILES string of the molecule is CCNC(=NCCCc1nnc2ccccn12)NC1CCCn2nc(C)nc21. The van der Waals surface area contributed by atoms with Crippen molar-refractivity contribution < 1.29 is 0 Å². The summed E-state index contributed by atoms with van der Waals surface area (Å²) in [5, 5.41) is 19.8. The first kappa shape index (κ1) is 18.4. The van der Waals surface area contributed by atoms with Gasteiger partial charge in [-0.3, -0.25) is 9.39 Å². The molecule has 0 amide bonds. The minimum Gasteiger partial charge on any atom is -0.357 e. The molecule has 0 spiro atoms. The Morgan fingerprint density at radius 2 is 2.25 bits per heavy atom. The van der Waals surface area contributed by atoms with Crippen LogP contribution >= 0.6 is 0 Å². The fourth-order valence-corrected chi connectivity index (χ4v) is 3.58. The number of fused-ring (bicyclic) bond motifs is 2. The van der Waals surface area contributed by atoms with Gasteiger partial charge in [0.05, 0.1) is 6.04 Å². The van der Waals surface area contributed by atoms with Gasteiger partial charge in [0.2, 0.25) is 0 Å². The molecule has 0 radical (unpaired) electrons. The molecule has 0 fully saturated rings. The number of hydrogen-bond acceptors (Lipinski definition) is 5. The van der Waals surface area contributed by atoms with Crippen LogP contribution in [0.4, 0.5) is 0 Å². The second-order valence-electron chi connectivity index (χ2n) is 6.99. The topological polar surface area (TPSA) is 97.3 Å². The van der Waals surface area contributed by atoms with Crippen molar-refractivity contribution in [1.29, 1.82) is 0 Å². The predicted molar refractivity (Wildman–Crippen MR) is 107 cm³/mol. The lowest BCUT2D eigenvalue weighted by Crippen LogP contribution is -2.41. The number of hydrogen-bond donors (Lipinski definition) is 2. The van der Waals surface area contributed by atoms with Gasteiger partial charge >= 0.3 is 0 Å². The van der Waals surface area contributed by atoms with Crippen molar-refractivity contribution in [3.05, 3.63) is 41.9 Å². The Balaban J connectivity index is 1.37. The highest BCUT2D eigenvalue weighted by molar-refractivity contribution is 5.80. The van der Waals surface area contributed by atoms with Crippen LogP contribution in [-0.4, -0.2) is 48.4 Å². The van der Waals surface area contributed by atoms with Crippen molar-refractivity contribution >= 4 is 11.6 Å². The largest absolute Gasteiger partial charge is 0.357 e. The van der Waals surface area contributed by atoms with Crippen molar-refractivity contribution in [3.8, 4) is 0 Å². The molecule has 1 aliphatic rings. The van der Waals surface area contributed by atoms with Gasteiger partial charge in [0.15, 0.2) is 11.6 Å². The number of pyridine rings is 1. The number of nitrogens with zero attached hydrogens (tertiary/aromatic N) is 7. The molecular formula is C19H27N9. The molecule has 2 N–H and O–H groups in total. The number of guanidine groups is 1. The maximum Gasteiger partial charge on any atom is 0.191 e. The van der Waals surface area contributed by atoms with Crippen LogP contribution < -0.4 is 10.6 Å². The van der Waals surface area contributed by atoms with Gasteiger partial charge in [-0.05, 0) is 45.2 Å². The number of rotatable bonds is 6. The molecule has 3 aromatic rings. The number of aliphatic imine (C=N–C) groups is 1. The molecule has 0 aromatic carbocycles. The monoisotopic (exact) mass is 381 g/mol. The Morgan fingerprint density at radius 3 is 3.14 bits per heavy atom. The number of aromatic nitrogens is 6. The van der Waals surface area contributed by atoms with Gasteiger partial charge in [-0.1, -0.05) is 6.07 Å². The van der Waals surface area contributed by atoms with Crippen LogP contribution in [0.5, 0.6) is 0 Å². The van der Waals surface area contributed by atoms with E-state index in [-0.39, 0.29) is 6.04 Å². The second-order valence-corrected chi connectivity index (χ2v) is 6.99. The van der Waals surface area contributed by atoms with Crippen molar-refractivity contribution in [2.45, 2.75) is 52.1 Å². The van der Waals surface area contributed by atoms with Gasteiger partial charge in [-0.25, -0.2) is 9.67 Å². The maximum absolute atomic E-state index is 4.75. The van der Waals surface area contributed by atoms with E-state index < -0.39 is 0 Å². The standard InChI is InChI=1S/C19H27N9/c1-3-20-19(23-15-8-7-13-28-18(15)22-14(2)26-28)21-11-6-10-17-25-24-16-9-4-5-12-27(16)17/h4-5,9,12,15H,3,6-8,10-11,13H2,1-2H3,(H2,20,21,23). The number of nitrogens with one attached hydrogen (secondary N) is 2. The summed E-state index contributed by atoms with van der Waals surface area (Å²) in [5.74, 6) is 3.63. The Morgan fingerprint density at radius 1 is 1.32 bits per heavy atom. The molecule has 0 bridgehead atoms. The smallest absolute Gasteiger partial charge is 0.191 e. The van der Waals surface area contributed by atoms with Crippen molar-refractivity contribution in [1.82, 2.24) is 40.0 Å². The zero-order chi connectivity index (χ0) is 19.3. The Kier molecular flexibility index (Phi) is 5.50. The fourth-order valence-electron chi connectivity index (χ4n) is 3.58. The molecule has 0 saturated carbocycles. The molecule has 4 heterocycles. The third-order valence-corrected chi connectivity index (χ3v) is 4.85. The van der Waals surface area contributed by atoms with Crippen LogP contribution in [0.2, 0.25) is 0 Å². The summed E-state index contributed by atoms with van der Waals surface area (Å²) in [5.41, 5.74) is 0.882. The third-order valence-electron chi connectivity index (χ3n) is 4.85. The molecule has 3 aromatic heterocycles. The molecule has 148 valence electrons. The quantitative estimate of drug-likeness (QED) is 0.383. The molecule has 1 atom stereocenters. The predicted octanol–water partition coefficient (Wildman–Crippen LogP) is 1.65. The molecule has 1 unspecified atom stereocenters. The maximum atomic E-state index is 4.75. The highest BCUT2D eigenvalue weighted by atomic mass is 15.4. The lowest BCUT2D eigenvalue weighted by Gasteiger charge is -2.25. The summed E-state index contributed by atoms with van der Waals surface area (Å²) in [6.45, 7) is 6.49. The Bertz CT molecular complexity index is 955. The summed E-state index contributed by atoms with van der Waals surface area (Å²) >= 11 is 0. The van der Waals surface area contributed by atoms with Gasteiger partial charge in [-0.2, -0.15) is 5.10 Å². The van der Waals surface area contributed by atoms with Crippen LogP contribution in [0.15, 0.2) is 29.4 Å². The summed E-state index contributed by atoms with van der Waals surface area (Å²) in [6, 6.07) is 6.08.